The van der Waals surface area contributed by atoms with Crippen molar-refractivity contribution in [2.75, 3.05) is 7.11 Å². The van der Waals surface area contributed by atoms with Gasteiger partial charge in [-0.15, -0.1) is 0 Å². The van der Waals surface area contributed by atoms with Gasteiger partial charge in [-0.1, -0.05) is 18.3 Å². The highest BCUT2D eigenvalue weighted by Crippen LogP contribution is 2.28. The van der Waals surface area contributed by atoms with E-state index in [1.807, 2.05) is 12.1 Å². The van der Waals surface area contributed by atoms with Crippen molar-refractivity contribution in [1.29, 1.82) is 0 Å². The first-order valence-electron chi connectivity index (χ1n) is 4.74. The number of rotatable bonds is 2. The highest BCUT2D eigenvalue weighted by atomic mass is 32.1. The van der Waals surface area contributed by atoms with Crippen LogP contribution in [-0.4, -0.2) is 12.1 Å². The Hall–Kier alpha value is -1.68. The molecule has 0 amide bonds. The maximum atomic E-state index is 13.2. The molecule has 4 heteroatoms. The molecule has 0 aliphatic heterocycles. The van der Waals surface area contributed by atoms with Crippen LogP contribution < -0.4 is 4.74 Å². The molecule has 1 aromatic carbocycles. The molecule has 0 saturated carbocycles. The summed E-state index contributed by atoms with van der Waals surface area (Å²) in [6.45, 7) is 0. The van der Waals surface area contributed by atoms with Crippen molar-refractivity contribution in [3.63, 3.8) is 0 Å². The van der Waals surface area contributed by atoms with E-state index < -0.39 is 0 Å². The minimum absolute atomic E-state index is 0.307. The molecule has 82 valence electrons. The van der Waals surface area contributed by atoms with Crippen LogP contribution in [0.25, 0.3) is 11.3 Å². The molecule has 2 nitrogen and oxygen atoms in total. The van der Waals surface area contributed by atoms with Crippen molar-refractivity contribution in [1.82, 2.24) is 4.98 Å². The van der Waals surface area contributed by atoms with Crippen LogP contribution in [0.5, 0.6) is 5.75 Å². The van der Waals surface area contributed by atoms with Gasteiger partial charge in [0.05, 0.1) is 12.8 Å². The van der Waals surface area contributed by atoms with Crippen LogP contribution in [0.2, 0.25) is 0 Å². The fourth-order valence-electron chi connectivity index (χ4n) is 1.50. The van der Waals surface area contributed by atoms with E-state index in [0.29, 0.717) is 16.0 Å². The second-order valence-electron chi connectivity index (χ2n) is 3.27. The summed E-state index contributed by atoms with van der Waals surface area (Å²) in [6.07, 6.45) is 0. The van der Waals surface area contributed by atoms with Gasteiger partial charge >= 0.3 is 0 Å². The Morgan fingerprint density at radius 1 is 1.25 bits per heavy atom. The van der Waals surface area contributed by atoms with Crippen LogP contribution in [0.1, 0.15) is 0 Å². The van der Waals surface area contributed by atoms with Gasteiger partial charge in [-0.2, -0.15) is 0 Å². The number of ether oxygens (including phenoxy) is 1. The number of nitrogens with one attached hydrogen (secondary N) is 1. The number of halogens is 1. The average Bonchev–Trinajstić information content (AvgIpc) is 2.29. The number of benzene rings is 1. The van der Waals surface area contributed by atoms with Crippen LogP contribution in [-0.2, 0) is 0 Å². The van der Waals surface area contributed by atoms with Crippen molar-refractivity contribution in [3.05, 3.63) is 46.9 Å². The predicted molar refractivity (Wildman–Crippen MR) is 63.6 cm³/mol. The number of methoxy groups -OCH3 is 1. The van der Waals surface area contributed by atoms with E-state index in [1.54, 1.807) is 19.2 Å². The lowest BCUT2D eigenvalue weighted by Gasteiger charge is -2.08. The molecule has 1 heterocycles. The predicted octanol–water partition coefficient (Wildman–Crippen LogP) is 3.56. The molecule has 2 rings (SSSR count). The van der Waals surface area contributed by atoms with Gasteiger partial charge in [-0.3, -0.25) is 0 Å². The third kappa shape index (κ3) is 2.12. The summed E-state index contributed by atoms with van der Waals surface area (Å²) in [7, 11) is 1.55. The number of hydrogen-bond acceptors (Lipinski definition) is 2. The summed E-state index contributed by atoms with van der Waals surface area (Å²) < 4.78 is 18.9. The van der Waals surface area contributed by atoms with Gasteiger partial charge in [0.1, 0.15) is 16.2 Å². The third-order valence-electron chi connectivity index (χ3n) is 2.22. The SMILES string of the molecule is COc1ccc(F)cc1-c1cccc(=S)[nH]1. The smallest absolute Gasteiger partial charge is 0.128 e. The van der Waals surface area contributed by atoms with Crippen molar-refractivity contribution in [2.45, 2.75) is 0 Å². The fraction of sp³-hybridized carbons (Fsp3) is 0.0833. The van der Waals surface area contributed by atoms with E-state index in [9.17, 15) is 4.39 Å². The summed E-state index contributed by atoms with van der Waals surface area (Å²) in [5, 5.41) is 0. The lowest BCUT2D eigenvalue weighted by Crippen LogP contribution is -1.91. The zero-order chi connectivity index (χ0) is 11.5. The monoisotopic (exact) mass is 235 g/mol. The van der Waals surface area contributed by atoms with Crippen molar-refractivity contribution in [3.8, 4) is 17.0 Å². The van der Waals surface area contributed by atoms with Gasteiger partial charge < -0.3 is 9.72 Å². The normalized spacial score (nSPS) is 10.1. The van der Waals surface area contributed by atoms with Crippen LogP contribution in [0.15, 0.2) is 36.4 Å². The first kappa shape index (κ1) is 10.8. The van der Waals surface area contributed by atoms with Crippen LogP contribution in [0.4, 0.5) is 4.39 Å². The minimum Gasteiger partial charge on any atom is -0.496 e. The molecule has 0 unspecified atom stereocenters. The number of aromatic amines is 1. The van der Waals surface area contributed by atoms with Gasteiger partial charge in [0.2, 0.25) is 0 Å². The van der Waals surface area contributed by atoms with Gasteiger partial charge in [-0.25, -0.2) is 4.39 Å². The Balaban J connectivity index is 2.62. The number of hydrogen-bond donors (Lipinski definition) is 1. The Labute approximate surface area is 97.7 Å². The molecule has 16 heavy (non-hydrogen) atoms. The zero-order valence-corrected chi connectivity index (χ0v) is 9.48. The molecular formula is C12H10FNOS. The van der Waals surface area contributed by atoms with Crippen molar-refractivity contribution in [2.24, 2.45) is 0 Å². The largest absolute Gasteiger partial charge is 0.496 e. The van der Waals surface area contributed by atoms with E-state index in [2.05, 4.69) is 4.98 Å². The molecule has 0 bridgehead atoms. The molecular weight excluding hydrogens is 225 g/mol. The lowest BCUT2D eigenvalue weighted by atomic mass is 10.1. The average molecular weight is 235 g/mol. The molecule has 1 aromatic heterocycles. The third-order valence-corrected chi connectivity index (χ3v) is 2.46. The molecule has 1 N–H and O–H groups in total. The van der Waals surface area contributed by atoms with Gasteiger partial charge in [0, 0.05) is 5.56 Å². The second kappa shape index (κ2) is 4.45. The van der Waals surface area contributed by atoms with Crippen molar-refractivity contribution >= 4 is 12.2 Å². The number of aromatic nitrogens is 1. The van der Waals surface area contributed by atoms with Crippen LogP contribution in [0, 0.1) is 10.5 Å². The number of pyridine rings is 1. The zero-order valence-electron chi connectivity index (χ0n) is 8.66. The second-order valence-corrected chi connectivity index (χ2v) is 3.71. The maximum Gasteiger partial charge on any atom is 0.128 e. The first-order valence-corrected chi connectivity index (χ1v) is 5.15. The fourth-order valence-corrected chi connectivity index (χ4v) is 1.68. The highest BCUT2D eigenvalue weighted by Gasteiger charge is 2.07. The highest BCUT2D eigenvalue weighted by molar-refractivity contribution is 7.71. The summed E-state index contributed by atoms with van der Waals surface area (Å²) in [5.41, 5.74) is 1.40. The summed E-state index contributed by atoms with van der Waals surface area (Å²) in [6, 6.07) is 9.78. The molecule has 0 saturated heterocycles. The molecule has 0 fully saturated rings. The van der Waals surface area contributed by atoms with Gasteiger partial charge in [0.15, 0.2) is 0 Å². The van der Waals surface area contributed by atoms with E-state index in [4.69, 9.17) is 17.0 Å². The molecule has 0 atom stereocenters. The first-order chi connectivity index (χ1) is 7.70. The van der Waals surface area contributed by atoms with Crippen molar-refractivity contribution < 1.29 is 9.13 Å². The van der Waals surface area contributed by atoms with Crippen LogP contribution >= 0.6 is 12.2 Å². The molecule has 2 aromatic rings. The standard InChI is InChI=1S/C12H10FNOS/c1-15-11-6-5-8(13)7-9(11)10-3-2-4-12(16)14-10/h2-7H,1H3,(H,14,16). The summed E-state index contributed by atoms with van der Waals surface area (Å²) >= 11 is 5.02. The quantitative estimate of drug-likeness (QED) is 0.805. The summed E-state index contributed by atoms with van der Waals surface area (Å²) in [4.78, 5) is 2.99. The Morgan fingerprint density at radius 3 is 2.75 bits per heavy atom. The van der Waals surface area contributed by atoms with E-state index in [-0.39, 0.29) is 5.82 Å². The van der Waals surface area contributed by atoms with E-state index in [1.165, 1.54) is 12.1 Å². The topological polar surface area (TPSA) is 25.0 Å². The molecule has 0 aliphatic rings. The lowest BCUT2D eigenvalue weighted by molar-refractivity contribution is 0.415. The number of H-pyrrole nitrogens is 1. The Morgan fingerprint density at radius 2 is 2.06 bits per heavy atom. The Kier molecular flexibility index (Phi) is 3.01. The van der Waals surface area contributed by atoms with Gasteiger partial charge in [0.25, 0.3) is 0 Å². The summed E-state index contributed by atoms with van der Waals surface area (Å²) in [5.74, 6) is 0.303. The molecule has 0 spiro atoms. The van der Waals surface area contributed by atoms with E-state index in [0.717, 1.165) is 5.69 Å². The molecule has 0 aliphatic carbocycles. The van der Waals surface area contributed by atoms with Crippen LogP contribution in [0.3, 0.4) is 0 Å². The minimum atomic E-state index is -0.307. The Bertz CT molecular complexity index is 565. The van der Waals surface area contributed by atoms with E-state index >= 15 is 0 Å². The van der Waals surface area contributed by atoms with Gasteiger partial charge in [-0.05, 0) is 30.3 Å². The maximum absolute atomic E-state index is 13.2. The molecule has 0 radical (unpaired) electrons.